The van der Waals surface area contributed by atoms with Crippen LogP contribution >= 0.6 is 12.4 Å². The Morgan fingerprint density at radius 3 is 3.00 bits per heavy atom. The van der Waals surface area contributed by atoms with Gasteiger partial charge in [-0.1, -0.05) is 17.3 Å². The minimum Gasteiger partial charge on any atom is -0.337 e. The molecule has 140 valence electrons. The third-order valence-electron chi connectivity index (χ3n) is 4.33. The van der Waals surface area contributed by atoms with E-state index in [0.717, 1.165) is 19.6 Å². The van der Waals surface area contributed by atoms with Crippen LogP contribution in [0.25, 0.3) is 0 Å². The lowest BCUT2D eigenvalue weighted by Crippen LogP contribution is -2.44. The minimum absolute atomic E-state index is 0. The van der Waals surface area contributed by atoms with Crippen molar-refractivity contribution in [3.05, 3.63) is 41.5 Å². The van der Waals surface area contributed by atoms with Crippen molar-refractivity contribution in [1.82, 2.24) is 25.1 Å². The molecule has 9 nitrogen and oxygen atoms in total. The van der Waals surface area contributed by atoms with E-state index in [4.69, 9.17) is 4.52 Å². The van der Waals surface area contributed by atoms with Crippen LogP contribution in [0.4, 0.5) is 0 Å². The number of piperazine rings is 1. The molecule has 0 spiro atoms. The fourth-order valence-electron chi connectivity index (χ4n) is 2.96. The summed E-state index contributed by atoms with van der Waals surface area (Å²) in [5.74, 6) is 1.26. The van der Waals surface area contributed by atoms with E-state index >= 15 is 0 Å². The Balaban J connectivity index is 0.00000196. The Kier molecular flexibility index (Phi) is 5.28. The lowest BCUT2D eigenvalue weighted by atomic mass is 10.2. The zero-order chi connectivity index (χ0) is 17.4. The molecule has 1 saturated heterocycles. The molecular weight excluding hydrogens is 380 g/mol. The van der Waals surface area contributed by atoms with Crippen LogP contribution in [0.1, 0.15) is 23.3 Å². The summed E-state index contributed by atoms with van der Waals surface area (Å²) >= 11 is 0. The number of aliphatic imine (C=N–C) groups is 1. The molecule has 26 heavy (non-hydrogen) atoms. The topological polar surface area (TPSA) is 113 Å². The van der Waals surface area contributed by atoms with Gasteiger partial charge in [-0.15, -0.1) is 12.4 Å². The Morgan fingerprint density at radius 2 is 2.19 bits per heavy atom. The number of sulfonamides is 1. The first-order chi connectivity index (χ1) is 12.0. The maximum Gasteiger partial charge on any atom is 0.263 e. The number of fused-ring (bicyclic) bond motifs is 1. The first-order valence-electron chi connectivity index (χ1n) is 7.95. The molecule has 4 rings (SSSR count). The Labute approximate surface area is 157 Å². The van der Waals surface area contributed by atoms with Gasteiger partial charge in [0.25, 0.3) is 10.0 Å². The molecule has 2 aliphatic rings. The van der Waals surface area contributed by atoms with E-state index in [0.29, 0.717) is 23.1 Å². The van der Waals surface area contributed by atoms with Gasteiger partial charge in [-0.25, -0.2) is 8.42 Å². The molecule has 3 heterocycles. The molecule has 0 amide bonds. The van der Waals surface area contributed by atoms with E-state index in [9.17, 15) is 8.42 Å². The smallest absolute Gasteiger partial charge is 0.263 e. The Morgan fingerprint density at radius 1 is 1.38 bits per heavy atom. The first kappa shape index (κ1) is 18.8. The molecule has 0 radical (unpaired) electrons. The highest BCUT2D eigenvalue weighted by Crippen LogP contribution is 2.23. The highest BCUT2D eigenvalue weighted by molar-refractivity contribution is 7.90. The number of rotatable bonds is 3. The molecule has 1 unspecified atom stereocenters. The predicted molar refractivity (Wildman–Crippen MR) is 96.8 cm³/mol. The number of hydrogen-bond acceptors (Lipinski definition) is 8. The zero-order valence-corrected chi connectivity index (χ0v) is 15.7. The van der Waals surface area contributed by atoms with Gasteiger partial charge in [-0.3, -0.25) is 14.6 Å². The van der Waals surface area contributed by atoms with Gasteiger partial charge in [0, 0.05) is 25.2 Å². The number of aromatic nitrogens is 2. The lowest BCUT2D eigenvalue weighted by Gasteiger charge is -2.30. The molecule has 1 atom stereocenters. The lowest BCUT2D eigenvalue weighted by molar-refractivity contribution is 0.190. The second-order valence-corrected chi connectivity index (χ2v) is 7.66. The molecule has 1 aromatic carbocycles. The summed E-state index contributed by atoms with van der Waals surface area (Å²) in [5, 5.41) is 7.33. The van der Waals surface area contributed by atoms with Crippen molar-refractivity contribution in [3.8, 4) is 0 Å². The van der Waals surface area contributed by atoms with Crippen LogP contribution in [-0.2, 0) is 16.6 Å². The number of hydrogen-bond donors (Lipinski definition) is 2. The molecule has 0 bridgehead atoms. The number of amidine groups is 1. The largest absolute Gasteiger partial charge is 0.337 e. The van der Waals surface area contributed by atoms with E-state index in [-0.39, 0.29) is 29.9 Å². The normalized spacial score (nSPS) is 23.3. The Hall–Kier alpha value is -2.01. The van der Waals surface area contributed by atoms with E-state index in [2.05, 4.69) is 30.1 Å². The molecule has 2 aliphatic heterocycles. The number of halogens is 1. The number of likely N-dealkylation sites (N-methyl/N-ethyl adjacent to an activating group) is 1. The van der Waals surface area contributed by atoms with Gasteiger partial charge in [0.1, 0.15) is 12.4 Å². The first-order valence-corrected chi connectivity index (χ1v) is 9.43. The van der Waals surface area contributed by atoms with Crippen LogP contribution in [-0.4, -0.2) is 56.0 Å². The van der Waals surface area contributed by atoms with Crippen molar-refractivity contribution in [2.75, 3.05) is 26.7 Å². The van der Waals surface area contributed by atoms with Gasteiger partial charge in [-0.05, 0) is 19.2 Å². The van der Waals surface area contributed by atoms with Crippen molar-refractivity contribution < 1.29 is 12.9 Å². The van der Waals surface area contributed by atoms with Crippen molar-refractivity contribution in [2.45, 2.75) is 17.5 Å². The number of benzene rings is 1. The summed E-state index contributed by atoms with van der Waals surface area (Å²) in [6.07, 6.45) is 0. The highest BCUT2D eigenvalue weighted by atomic mass is 35.5. The fraction of sp³-hybridized carbons (Fsp3) is 0.400. The minimum atomic E-state index is -3.54. The SMILES string of the molecule is CN1CCNCC1c1noc(CN=C2NS(=O)(=O)c3ccccc32)n1.Cl. The summed E-state index contributed by atoms with van der Waals surface area (Å²) in [4.78, 5) is 11.1. The monoisotopic (exact) mass is 398 g/mol. The average Bonchev–Trinajstić information content (AvgIpc) is 3.17. The van der Waals surface area contributed by atoms with Gasteiger partial charge in [0.2, 0.25) is 5.89 Å². The summed E-state index contributed by atoms with van der Waals surface area (Å²) < 4.78 is 31.9. The molecule has 2 N–H and O–H groups in total. The molecule has 11 heteroatoms. The third kappa shape index (κ3) is 3.45. The van der Waals surface area contributed by atoms with Gasteiger partial charge < -0.3 is 9.84 Å². The summed E-state index contributed by atoms with van der Waals surface area (Å²) in [7, 11) is -1.52. The van der Waals surface area contributed by atoms with Crippen molar-refractivity contribution >= 4 is 28.3 Å². The number of nitrogens with zero attached hydrogens (tertiary/aromatic N) is 4. The average molecular weight is 399 g/mol. The third-order valence-corrected chi connectivity index (χ3v) is 5.73. The maximum absolute atomic E-state index is 12.1. The molecule has 1 aromatic heterocycles. The summed E-state index contributed by atoms with van der Waals surface area (Å²) in [5.41, 5.74) is 0.554. The second-order valence-electron chi connectivity index (χ2n) is 6.01. The van der Waals surface area contributed by atoms with Crippen LogP contribution in [0.15, 0.2) is 38.7 Å². The van der Waals surface area contributed by atoms with E-state index in [1.807, 2.05) is 7.05 Å². The van der Waals surface area contributed by atoms with Gasteiger partial charge in [0.15, 0.2) is 5.82 Å². The van der Waals surface area contributed by atoms with Crippen molar-refractivity contribution in [1.29, 1.82) is 0 Å². The van der Waals surface area contributed by atoms with E-state index in [1.165, 1.54) is 0 Å². The molecule has 0 saturated carbocycles. The molecule has 1 fully saturated rings. The zero-order valence-electron chi connectivity index (χ0n) is 14.0. The highest BCUT2D eigenvalue weighted by Gasteiger charge is 2.30. The van der Waals surface area contributed by atoms with Crippen LogP contribution in [0.5, 0.6) is 0 Å². The maximum atomic E-state index is 12.1. The van der Waals surface area contributed by atoms with E-state index in [1.54, 1.807) is 24.3 Å². The molecule has 2 aromatic rings. The van der Waals surface area contributed by atoms with E-state index < -0.39 is 10.0 Å². The van der Waals surface area contributed by atoms with Crippen LogP contribution in [0.3, 0.4) is 0 Å². The summed E-state index contributed by atoms with van der Waals surface area (Å²) in [6.45, 7) is 2.72. The van der Waals surface area contributed by atoms with Crippen molar-refractivity contribution in [2.24, 2.45) is 4.99 Å². The van der Waals surface area contributed by atoms with Crippen LogP contribution in [0.2, 0.25) is 0 Å². The van der Waals surface area contributed by atoms with Crippen molar-refractivity contribution in [3.63, 3.8) is 0 Å². The fourth-order valence-corrected chi connectivity index (χ4v) is 4.21. The van der Waals surface area contributed by atoms with Gasteiger partial charge in [0.05, 0.1) is 10.9 Å². The summed E-state index contributed by atoms with van der Waals surface area (Å²) in [6, 6.07) is 6.78. The van der Waals surface area contributed by atoms with Gasteiger partial charge >= 0.3 is 0 Å². The second kappa shape index (κ2) is 7.31. The van der Waals surface area contributed by atoms with Crippen LogP contribution in [0, 0.1) is 0 Å². The standard InChI is InChI=1S/C15H18N6O3S.ClH/c1-21-7-6-16-8-11(21)15-18-13(24-19-15)9-17-14-10-4-2-3-5-12(10)25(22,23)20-14;/h2-5,11,16H,6-9H2,1H3,(H,17,20);1H. The van der Waals surface area contributed by atoms with Gasteiger partial charge in [-0.2, -0.15) is 4.98 Å². The van der Waals surface area contributed by atoms with Crippen LogP contribution < -0.4 is 10.0 Å². The predicted octanol–water partition coefficient (Wildman–Crippen LogP) is 0.306. The Bertz CT molecular complexity index is 929. The quantitative estimate of drug-likeness (QED) is 0.764. The molecular formula is C15H19ClN6O3S. The molecule has 0 aliphatic carbocycles. The number of nitrogens with one attached hydrogen (secondary N) is 2.